The zero-order chi connectivity index (χ0) is 9.80. The number of hydrogen-bond donors (Lipinski definition) is 2. The third-order valence-corrected chi connectivity index (χ3v) is 1.97. The van der Waals surface area contributed by atoms with Crippen LogP contribution in [0, 0.1) is 6.92 Å². The molecule has 0 saturated carbocycles. The summed E-state index contributed by atoms with van der Waals surface area (Å²) in [4.78, 5) is 0. The van der Waals surface area contributed by atoms with Gasteiger partial charge in [-0.3, -0.25) is 5.10 Å². The summed E-state index contributed by atoms with van der Waals surface area (Å²) >= 11 is 0. The lowest BCUT2D eigenvalue weighted by atomic mass is 10.4. The second-order valence-corrected chi connectivity index (χ2v) is 3.20. The molecule has 2 aromatic rings. The van der Waals surface area contributed by atoms with Gasteiger partial charge >= 0.3 is 0 Å². The first-order valence-electron chi connectivity index (χ1n) is 4.59. The zero-order valence-electron chi connectivity index (χ0n) is 8.08. The molecule has 0 spiro atoms. The van der Waals surface area contributed by atoms with E-state index in [4.69, 9.17) is 4.42 Å². The van der Waals surface area contributed by atoms with E-state index in [2.05, 4.69) is 15.5 Å². The van der Waals surface area contributed by atoms with Gasteiger partial charge in [-0.1, -0.05) is 0 Å². The van der Waals surface area contributed by atoms with Crippen molar-refractivity contribution in [2.75, 3.05) is 0 Å². The van der Waals surface area contributed by atoms with Gasteiger partial charge < -0.3 is 9.73 Å². The molecule has 0 aliphatic rings. The molecule has 0 aromatic carbocycles. The Hall–Kier alpha value is -1.55. The van der Waals surface area contributed by atoms with Crippen molar-refractivity contribution in [3.8, 4) is 0 Å². The van der Waals surface area contributed by atoms with Gasteiger partial charge in [0, 0.05) is 18.4 Å². The third-order valence-electron chi connectivity index (χ3n) is 1.97. The second-order valence-electron chi connectivity index (χ2n) is 3.20. The Labute approximate surface area is 82.3 Å². The summed E-state index contributed by atoms with van der Waals surface area (Å²) < 4.78 is 5.41. The van der Waals surface area contributed by atoms with Crippen LogP contribution in [0.15, 0.2) is 28.8 Å². The Morgan fingerprint density at radius 3 is 2.93 bits per heavy atom. The number of nitrogens with zero attached hydrogens (tertiary/aromatic N) is 1. The minimum Gasteiger partial charge on any atom is -0.465 e. The molecule has 74 valence electrons. The van der Waals surface area contributed by atoms with Gasteiger partial charge in [-0.2, -0.15) is 5.10 Å². The molecule has 0 aliphatic carbocycles. The van der Waals surface area contributed by atoms with Crippen LogP contribution in [-0.2, 0) is 13.1 Å². The first kappa shape index (κ1) is 9.02. The summed E-state index contributed by atoms with van der Waals surface area (Å²) in [6.07, 6.45) is 1.74. The molecule has 0 saturated heterocycles. The molecule has 0 radical (unpaired) electrons. The average Bonchev–Trinajstić information content (AvgIpc) is 2.77. The largest absolute Gasteiger partial charge is 0.465 e. The number of aromatic amines is 1. The molecular formula is C10H13N3O. The van der Waals surface area contributed by atoms with E-state index in [9.17, 15) is 0 Å². The summed E-state index contributed by atoms with van der Waals surface area (Å²) in [5.41, 5.74) is 1.08. The maximum Gasteiger partial charge on any atom is 0.117 e. The number of furan rings is 1. The zero-order valence-corrected chi connectivity index (χ0v) is 8.08. The van der Waals surface area contributed by atoms with Crippen LogP contribution in [0.3, 0.4) is 0 Å². The quantitative estimate of drug-likeness (QED) is 0.771. The number of nitrogens with one attached hydrogen (secondary N) is 2. The number of hydrogen-bond acceptors (Lipinski definition) is 3. The van der Waals surface area contributed by atoms with Gasteiger partial charge in [0.25, 0.3) is 0 Å². The lowest BCUT2D eigenvalue weighted by Gasteiger charge is -1.99. The fourth-order valence-electron chi connectivity index (χ4n) is 1.28. The highest BCUT2D eigenvalue weighted by atomic mass is 16.3. The van der Waals surface area contributed by atoms with Crippen molar-refractivity contribution in [2.24, 2.45) is 0 Å². The lowest BCUT2D eigenvalue weighted by molar-refractivity contribution is 0.461. The minimum absolute atomic E-state index is 0.743. The van der Waals surface area contributed by atoms with Gasteiger partial charge in [-0.05, 0) is 25.1 Å². The molecule has 0 fully saturated rings. The van der Waals surface area contributed by atoms with Gasteiger partial charge in [0.2, 0.25) is 0 Å². The topological polar surface area (TPSA) is 53.9 Å². The molecule has 0 bridgehead atoms. The lowest BCUT2D eigenvalue weighted by Crippen LogP contribution is -2.12. The van der Waals surface area contributed by atoms with Gasteiger partial charge in [-0.25, -0.2) is 0 Å². The van der Waals surface area contributed by atoms with Crippen molar-refractivity contribution < 1.29 is 4.42 Å². The number of aryl methyl sites for hydroxylation is 1. The highest BCUT2D eigenvalue weighted by Crippen LogP contribution is 2.05. The van der Waals surface area contributed by atoms with E-state index in [-0.39, 0.29) is 0 Å². The van der Waals surface area contributed by atoms with Gasteiger partial charge in [-0.15, -0.1) is 0 Å². The Bertz CT molecular complexity index is 378. The predicted octanol–water partition coefficient (Wildman–Crippen LogP) is 1.60. The molecule has 2 aromatic heterocycles. The summed E-state index contributed by atoms with van der Waals surface area (Å²) in [5.74, 6) is 1.91. The van der Waals surface area contributed by atoms with Crippen LogP contribution >= 0.6 is 0 Å². The van der Waals surface area contributed by atoms with E-state index in [1.54, 1.807) is 6.20 Å². The van der Waals surface area contributed by atoms with Crippen LogP contribution in [-0.4, -0.2) is 10.2 Å². The Balaban J connectivity index is 1.78. The third kappa shape index (κ3) is 2.23. The first-order chi connectivity index (χ1) is 6.84. The molecule has 0 amide bonds. The summed E-state index contributed by atoms with van der Waals surface area (Å²) in [6, 6.07) is 5.89. The van der Waals surface area contributed by atoms with Gasteiger partial charge in [0.05, 0.1) is 6.54 Å². The summed E-state index contributed by atoms with van der Waals surface area (Å²) in [6.45, 7) is 3.46. The number of rotatable bonds is 4. The maximum absolute atomic E-state index is 5.41. The number of aromatic nitrogens is 2. The smallest absolute Gasteiger partial charge is 0.117 e. The van der Waals surface area contributed by atoms with Crippen molar-refractivity contribution in [1.29, 1.82) is 0 Å². The standard InChI is InChI=1S/C10H13N3O/c1-8-2-3-10(14-8)7-11-6-9-4-5-12-13-9/h2-5,11H,6-7H2,1H3,(H,12,13). The molecule has 0 unspecified atom stereocenters. The van der Waals surface area contributed by atoms with Gasteiger partial charge in [0.1, 0.15) is 11.5 Å². The Morgan fingerprint density at radius 1 is 1.36 bits per heavy atom. The van der Waals surface area contributed by atoms with E-state index in [0.717, 1.165) is 30.3 Å². The second kappa shape index (κ2) is 4.11. The van der Waals surface area contributed by atoms with Crippen LogP contribution in [0.25, 0.3) is 0 Å². The van der Waals surface area contributed by atoms with E-state index in [0.29, 0.717) is 0 Å². The van der Waals surface area contributed by atoms with E-state index in [1.807, 2.05) is 25.1 Å². The predicted molar refractivity (Wildman–Crippen MR) is 52.6 cm³/mol. The Kier molecular flexibility index (Phi) is 2.65. The monoisotopic (exact) mass is 191 g/mol. The molecule has 0 atom stereocenters. The molecule has 14 heavy (non-hydrogen) atoms. The van der Waals surface area contributed by atoms with E-state index >= 15 is 0 Å². The van der Waals surface area contributed by atoms with E-state index in [1.165, 1.54) is 0 Å². The van der Waals surface area contributed by atoms with Crippen LogP contribution in [0.2, 0.25) is 0 Å². The normalized spacial score (nSPS) is 10.6. The van der Waals surface area contributed by atoms with Crippen molar-refractivity contribution in [2.45, 2.75) is 20.0 Å². The molecule has 2 rings (SSSR count). The minimum atomic E-state index is 0.743. The van der Waals surface area contributed by atoms with Crippen molar-refractivity contribution >= 4 is 0 Å². The van der Waals surface area contributed by atoms with Crippen LogP contribution in [0.1, 0.15) is 17.2 Å². The first-order valence-corrected chi connectivity index (χ1v) is 4.59. The molecular weight excluding hydrogens is 178 g/mol. The van der Waals surface area contributed by atoms with Crippen LogP contribution in [0.5, 0.6) is 0 Å². The molecule has 4 heteroatoms. The fraction of sp³-hybridized carbons (Fsp3) is 0.300. The number of H-pyrrole nitrogens is 1. The van der Waals surface area contributed by atoms with Crippen molar-refractivity contribution in [3.05, 3.63) is 41.6 Å². The van der Waals surface area contributed by atoms with Gasteiger partial charge in [0.15, 0.2) is 0 Å². The van der Waals surface area contributed by atoms with Crippen LogP contribution in [0.4, 0.5) is 0 Å². The highest BCUT2D eigenvalue weighted by Gasteiger charge is 1.98. The molecule has 2 heterocycles. The highest BCUT2D eigenvalue weighted by molar-refractivity contribution is 5.05. The molecule has 4 nitrogen and oxygen atoms in total. The van der Waals surface area contributed by atoms with E-state index < -0.39 is 0 Å². The Morgan fingerprint density at radius 2 is 2.29 bits per heavy atom. The SMILES string of the molecule is Cc1ccc(CNCc2ccn[nH]2)o1. The summed E-state index contributed by atoms with van der Waals surface area (Å²) in [7, 11) is 0. The average molecular weight is 191 g/mol. The maximum atomic E-state index is 5.41. The summed E-state index contributed by atoms with van der Waals surface area (Å²) in [5, 5.41) is 10.0. The van der Waals surface area contributed by atoms with Crippen molar-refractivity contribution in [1.82, 2.24) is 15.5 Å². The molecule has 2 N–H and O–H groups in total. The molecule has 0 aliphatic heterocycles. The van der Waals surface area contributed by atoms with Crippen molar-refractivity contribution in [3.63, 3.8) is 0 Å². The van der Waals surface area contributed by atoms with Crippen LogP contribution < -0.4 is 5.32 Å². The fourth-order valence-corrected chi connectivity index (χ4v) is 1.28.